The quantitative estimate of drug-likeness (QED) is 0.540. The number of hydrogen-bond donors (Lipinski definition) is 3. The van der Waals surface area contributed by atoms with Crippen LogP contribution in [0.5, 0.6) is 0 Å². The second-order valence-electron chi connectivity index (χ2n) is 4.01. The number of amides is 1. The van der Waals surface area contributed by atoms with E-state index < -0.39 is 10.0 Å². The van der Waals surface area contributed by atoms with Crippen molar-refractivity contribution in [2.45, 2.75) is 31.7 Å². The van der Waals surface area contributed by atoms with Crippen molar-refractivity contribution in [2.24, 2.45) is 5.14 Å². The van der Waals surface area contributed by atoms with E-state index >= 15 is 0 Å². The second kappa shape index (κ2) is 6.17. The van der Waals surface area contributed by atoms with Crippen molar-refractivity contribution in [3.8, 4) is 0 Å². The van der Waals surface area contributed by atoms with Gasteiger partial charge in [0, 0.05) is 6.54 Å². The molecule has 0 unspecified atom stereocenters. The SMILES string of the molecule is NS(=O)(=O)CCCNC(=O)[C@H]1CCCCN1. The van der Waals surface area contributed by atoms with Crippen molar-refractivity contribution >= 4 is 15.9 Å². The number of sulfonamides is 1. The largest absolute Gasteiger partial charge is 0.355 e. The number of rotatable bonds is 5. The van der Waals surface area contributed by atoms with Gasteiger partial charge in [0.2, 0.25) is 15.9 Å². The molecule has 1 fully saturated rings. The molecular formula is C9H19N3O3S. The molecule has 1 saturated heterocycles. The van der Waals surface area contributed by atoms with E-state index in [0.717, 1.165) is 25.8 Å². The van der Waals surface area contributed by atoms with E-state index in [0.29, 0.717) is 13.0 Å². The van der Waals surface area contributed by atoms with Gasteiger partial charge in [0.1, 0.15) is 0 Å². The lowest BCUT2D eigenvalue weighted by atomic mass is 10.0. The molecule has 0 aromatic carbocycles. The number of carbonyl (C=O) groups is 1. The second-order valence-corrected chi connectivity index (χ2v) is 5.75. The maximum Gasteiger partial charge on any atom is 0.237 e. The first-order valence-corrected chi connectivity index (χ1v) is 7.22. The molecule has 1 rings (SSSR count). The Morgan fingerprint density at radius 2 is 2.19 bits per heavy atom. The lowest BCUT2D eigenvalue weighted by Gasteiger charge is -2.22. The fourth-order valence-electron chi connectivity index (χ4n) is 1.68. The summed E-state index contributed by atoms with van der Waals surface area (Å²) >= 11 is 0. The van der Waals surface area contributed by atoms with Gasteiger partial charge >= 0.3 is 0 Å². The highest BCUT2D eigenvalue weighted by Gasteiger charge is 2.19. The molecule has 0 bridgehead atoms. The Morgan fingerprint density at radius 1 is 1.44 bits per heavy atom. The molecule has 0 aromatic rings. The molecule has 0 saturated carbocycles. The van der Waals surface area contributed by atoms with Crippen molar-refractivity contribution in [3.05, 3.63) is 0 Å². The third-order valence-corrected chi connectivity index (χ3v) is 3.39. The minimum Gasteiger partial charge on any atom is -0.355 e. The number of nitrogens with two attached hydrogens (primary N) is 1. The highest BCUT2D eigenvalue weighted by atomic mass is 32.2. The first kappa shape index (κ1) is 13.4. The third kappa shape index (κ3) is 5.43. The van der Waals surface area contributed by atoms with Crippen LogP contribution in [-0.4, -0.2) is 39.2 Å². The van der Waals surface area contributed by atoms with Gasteiger partial charge in [-0.1, -0.05) is 6.42 Å². The number of primary sulfonamides is 1. The van der Waals surface area contributed by atoms with Crippen molar-refractivity contribution in [3.63, 3.8) is 0 Å². The zero-order valence-corrected chi connectivity index (χ0v) is 10.1. The van der Waals surface area contributed by atoms with Crippen LogP contribution in [0.1, 0.15) is 25.7 Å². The van der Waals surface area contributed by atoms with Gasteiger partial charge in [-0.2, -0.15) is 0 Å². The summed E-state index contributed by atoms with van der Waals surface area (Å²) < 4.78 is 21.3. The fourth-order valence-corrected chi connectivity index (χ4v) is 2.23. The van der Waals surface area contributed by atoms with E-state index in [-0.39, 0.29) is 17.7 Å². The molecule has 4 N–H and O–H groups in total. The molecule has 94 valence electrons. The standard InChI is InChI=1S/C9H19N3O3S/c10-16(14,15)7-3-6-12-9(13)8-4-1-2-5-11-8/h8,11H,1-7H2,(H,12,13)(H2,10,14,15)/t8-/m1/s1. The number of hydrogen-bond acceptors (Lipinski definition) is 4. The van der Waals surface area contributed by atoms with Crippen molar-refractivity contribution < 1.29 is 13.2 Å². The van der Waals surface area contributed by atoms with Gasteiger partial charge in [-0.25, -0.2) is 13.6 Å². The highest BCUT2D eigenvalue weighted by molar-refractivity contribution is 7.89. The van der Waals surface area contributed by atoms with Gasteiger partial charge in [-0.15, -0.1) is 0 Å². The summed E-state index contributed by atoms with van der Waals surface area (Å²) in [4.78, 5) is 11.6. The Balaban J connectivity index is 2.14. The zero-order chi connectivity index (χ0) is 12.0. The summed E-state index contributed by atoms with van der Waals surface area (Å²) in [6, 6.07) is -0.122. The van der Waals surface area contributed by atoms with E-state index in [9.17, 15) is 13.2 Å². The molecule has 1 aliphatic heterocycles. The molecule has 0 aliphatic carbocycles. The smallest absolute Gasteiger partial charge is 0.237 e. The van der Waals surface area contributed by atoms with Crippen LogP contribution in [0.2, 0.25) is 0 Å². The van der Waals surface area contributed by atoms with Gasteiger partial charge in [-0.05, 0) is 25.8 Å². The van der Waals surface area contributed by atoms with Crippen LogP contribution in [0.15, 0.2) is 0 Å². The maximum absolute atomic E-state index is 11.6. The average Bonchev–Trinajstić information content (AvgIpc) is 2.24. The Labute approximate surface area is 96.0 Å². The highest BCUT2D eigenvalue weighted by Crippen LogP contribution is 2.06. The summed E-state index contributed by atoms with van der Waals surface area (Å²) in [5.41, 5.74) is 0. The summed E-state index contributed by atoms with van der Waals surface area (Å²) in [5, 5.41) is 10.7. The van der Waals surface area contributed by atoms with Crippen LogP contribution in [0, 0.1) is 0 Å². The predicted octanol–water partition coefficient (Wildman–Crippen LogP) is -1.08. The number of carbonyl (C=O) groups excluding carboxylic acids is 1. The van der Waals surface area contributed by atoms with Crippen LogP contribution < -0.4 is 15.8 Å². The first-order valence-electron chi connectivity index (χ1n) is 5.50. The van der Waals surface area contributed by atoms with Crippen molar-refractivity contribution in [1.29, 1.82) is 0 Å². The van der Waals surface area contributed by atoms with Crippen LogP contribution in [0.3, 0.4) is 0 Å². The Bertz CT molecular complexity index is 323. The van der Waals surface area contributed by atoms with Crippen molar-refractivity contribution in [1.82, 2.24) is 10.6 Å². The van der Waals surface area contributed by atoms with Crippen LogP contribution in [0.25, 0.3) is 0 Å². The van der Waals surface area contributed by atoms with E-state index in [4.69, 9.17) is 5.14 Å². The lowest BCUT2D eigenvalue weighted by molar-refractivity contribution is -0.123. The Hall–Kier alpha value is -0.660. The molecule has 1 atom stereocenters. The van der Waals surface area contributed by atoms with E-state index in [1.165, 1.54) is 0 Å². The Morgan fingerprint density at radius 3 is 2.75 bits per heavy atom. The molecule has 1 aliphatic rings. The van der Waals surface area contributed by atoms with E-state index in [2.05, 4.69) is 10.6 Å². The summed E-state index contributed by atoms with van der Waals surface area (Å²) in [7, 11) is -3.41. The van der Waals surface area contributed by atoms with E-state index in [1.54, 1.807) is 0 Å². The summed E-state index contributed by atoms with van der Waals surface area (Å²) in [6.45, 7) is 1.22. The van der Waals surface area contributed by atoms with Crippen molar-refractivity contribution in [2.75, 3.05) is 18.8 Å². The minimum atomic E-state index is -3.41. The van der Waals surface area contributed by atoms with E-state index in [1.807, 2.05) is 0 Å². The van der Waals surface area contributed by atoms with Crippen LogP contribution >= 0.6 is 0 Å². The zero-order valence-electron chi connectivity index (χ0n) is 9.24. The fraction of sp³-hybridized carbons (Fsp3) is 0.889. The van der Waals surface area contributed by atoms with Gasteiger partial charge in [0.15, 0.2) is 0 Å². The molecule has 1 heterocycles. The predicted molar refractivity (Wildman–Crippen MR) is 61.2 cm³/mol. The minimum absolute atomic E-state index is 0.0471. The van der Waals surface area contributed by atoms with Gasteiger partial charge in [-0.3, -0.25) is 4.79 Å². The molecule has 0 spiro atoms. The normalized spacial score (nSPS) is 21.7. The lowest BCUT2D eigenvalue weighted by Crippen LogP contribution is -2.47. The molecule has 0 aromatic heterocycles. The molecule has 7 heteroatoms. The maximum atomic E-state index is 11.6. The number of piperidine rings is 1. The van der Waals surface area contributed by atoms with Crippen LogP contribution in [-0.2, 0) is 14.8 Å². The molecular weight excluding hydrogens is 230 g/mol. The average molecular weight is 249 g/mol. The monoisotopic (exact) mass is 249 g/mol. The topological polar surface area (TPSA) is 101 Å². The van der Waals surface area contributed by atoms with Gasteiger partial charge in [0.05, 0.1) is 11.8 Å². The van der Waals surface area contributed by atoms with Gasteiger partial charge < -0.3 is 10.6 Å². The third-order valence-electron chi connectivity index (χ3n) is 2.53. The number of nitrogens with one attached hydrogen (secondary N) is 2. The Kier molecular flexibility index (Phi) is 5.17. The molecule has 16 heavy (non-hydrogen) atoms. The molecule has 6 nitrogen and oxygen atoms in total. The van der Waals surface area contributed by atoms with Crippen LogP contribution in [0.4, 0.5) is 0 Å². The first-order chi connectivity index (χ1) is 7.49. The summed E-state index contributed by atoms with van der Waals surface area (Å²) in [6.07, 6.45) is 3.37. The van der Waals surface area contributed by atoms with Gasteiger partial charge in [0.25, 0.3) is 0 Å². The molecule has 0 radical (unpaired) electrons. The molecule has 1 amide bonds. The summed E-state index contributed by atoms with van der Waals surface area (Å²) in [5.74, 6) is -0.139.